The van der Waals surface area contributed by atoms with E-state index >= 15 is 0 Å². The van der Waals surface area contributed by atoms with Crippen LogP contribution in [0, 0.1) is 11.6 Å². The van der Waals surface area contributed by atoms with Crippen molar-refractivity contribution in [1.29, 1.82) is 0 Å². The van der Waals surface area contributed by atoms with E-state index in [0.29, 0.717) is 0 Å². The van der Waals surface area contributed by atoms with Crippen molar-refractivity contribution in [2.45, 2.75) is 6.42 Å². The lowest BCUT2D eigenvalue weighted by Crippen LogP contribution is -2.16. The van der Waals surface area contributed by atoms with Crippen molar-refractivity contribution in [1.82, 2.24) is 0 Å². The molecule has 0 aromatic heterocycles. The Balaban J connectivity index is 3.13. The molecule has 0 atom stereocenters. The standard InChI is InChI=1S/C8H7BrF2N2O/c9-5-1-2-6(10)4(8(5)11)3-7(12)13-14/h1-2,14H,3H2,(H2,12,13). The smallest absolute Gasteiger partial charge is 0.143 e. The Labute approximate surface area is 87.3 Å². The molecule has 0 bridgehead atoms. The van der Waals surface area contributed by atoms with Gasteiger partial charge < -0.3 is 10.9 Å². The Kier molecular flexibility index (Phi) is 3.40. The lowest BCUT2D eigenvalue weighted by molar-refractivity contribution is 0.317. The highest BCUT2D eigenvalue weighted by molar-refractivity contribution is 9.10. The lowest BCUT2D eigenvalue weighted by atomic mass is 10.1. The zero-order chi connectivity index (χ0) is 10.7. The van der Waals surface area contributed by atoms with Crippen LogP contribution in [0.4, 0.5) is 8.78 Å². The largest absolute Gasteiger partial charge is 0.409 e. The number of hydrogen-bond donors (Lipinski definition) is 2. The summed E-state index contributed by atoms with van der Waals surface area (Å²) in [5.41, 5.74) is 4.92. The van der Waals surface area contributed by atoms with Gasteiger partial charge in [-0.1, -0.05) is 5.16 Å². The minimum Gasteiger partial charge on any atom is -0.409 e. The number of hydrogen-bond acceptors (Lipinski definition) is 2. The van der Waals surface area contributed by atoms with Gasteiger partial charge in [-0.25, -0.2) is 8.78 Å². The maximum atomic E-state index is 13.3. The van der Waals surface area contributed by atoms with Gasteiger partial charge in [0, 0.05) is 12.0 Å². The number of benzene rings is 1. The van der Waals surface area contributed by atoms with Gasteiger partial charge in [-0.2, -0.15) is 0 Å². The molecule has 0 aliphatic carbocycles. The van der Waals surface area contributed by atoms with Crippen molar-refractivity contribution in [2.24, 2.45) is 10.9 Å². The molecule has 0 saturated carbocycles. The maximum absolute atomic E-state index is 13.3. The maximum Gasteiger partial charge on any atom is 0.143 e. The van der Waals surface area contributed by atoms with Crippen LogP contribution in [0.1, 0.15) is 5.56 Å². The first-order chi connectivity index (χ1) is 6.56. The van der Waals surface area contributed by atoms with Gasteiger partial charge in [0.05, 0.1) is 4.47 Å². The zero-order valence-electron chi connectivity index (χ0n) is 6.97. The van der Waals surface area contributed by atoms with E-state index in [1.165, 1.54) is 6.07 Å². The summed E-state index contributed by atoms with van der Waals surface area (Å²) in [6.07, 6.45) is -0.270. The summed E-state index contributed by atoms with van der Waals surface area (Å²) in [5, 5.41) is 10.9. The van der Waals surface area contributed by atoms with E-state index in [9.17, 15) is 8.78 Å². The average Bonchev–Trinajstić information content (AvgIpc) is 2.18. The second-order valence-electron chi connectivity index (χ2n) is 2.59. The first-order valence-corrected chi connectivity index (χ1v) is 4.44. The molecule has 0 fully saturated rings. The summed E-state index contributed by atoms with van der Waals surface area (Å²) in [4.78, 5) is 0. The highest BCUT2D eigenvalue weighted by Crippen LogP contribution is 2.21. The number of nitrogens with two attached hydrogens (primary N) is 1. The van der Waals surface area contributed by atoms with E-state index in [2.05, 4.69) is 21.1 Å². The van der Waals surface area contributed by atoms with Crippen molar-refractivity contribution in [3.05, 3.63) is 33.8 Å². The normalized spacial score (nSPS) is 11.8. The second kappa shape index (κ2) is 4.36. The molecule has 1 rings (SSSR count). The molecule has 14 heavy (non-hydrogen) atoms. The Hall–Kier alpha value is -1.17. The van der Waals surface area contributed by atoms with Gasteiger partial charge >= 0.3 is 0 Å². The first kappa shape index (κ1) is 10.9. The fourth-order valence-electron chi connectivity index (χ4n) is 0.948. The van der Waals surface area contributed by atoms with Crippen molar-refractivity contribution in [2.75, 3.05) is 0 Å². The molecule has 1 aromatic carbocycles. The van der Waals surface area contributed by atoms with Crippen LogP contribution in [0.3, 0.4) is 0 Å². The molecule has 0 aliphatic heterocycles. The van der Waals surface area contributed by atoms with Crippen LogP contribution in [0.2, 0.25) is 0 Å². The molecule has 1 aromatic rings. The summed E-state index contributed by atoms with van der Waals surface area (Å²) < 4.78 is 26.5. The first-order valence-electron chi connectivity index (χ1n) is 3.65. The molecular formula is C8H7BrF2N2O. The third-order valence-corrected chi connectivity index (χ3v) is 2.24. The molecule has 3 nitrogen and oxygen atoms in total. The molecule has 3 N–H and O–H groups in total. The van der Waals surface area contributed by atoms with Gasteiger partial charge in [0.25, 0.3) is 0 Å². The number of halogens is 3. The predicted octanol–water partition coefficient (Wildman–Crippen LogP) is 2.02. The lowest BCUT2D eigenvalue weighted by Gasteiger charge is -2.04. The van der Waals surface area contributed by atoms with Crippen LogP contribution >= 0.6 is 15.9 Å². The number of nitrogens with zero attached hydrogens (tertiary/aromatic N) is 1. The fourth-order valence-corrected chi connectivity index (χ4v) is 1.32. The topological polar surface area (TPSA) is 58.6 Å². The molecule has 0 spiro atoms. The fraction of sp³-hybridized carbons (Fsp3) is 0.125. The summed E-state index contributed by atoms with van der Waals surface area (Å²) in [5.74, 6) is -1.71. The predicted molar refractivity (Wildman–Crippen MR) is 51.2 cm³/mol. The van der Waals surface area contributed by atoms with Crippen LogP contribution in [0.5, 0.6) is 0 Å². The van der Waals surface area contributed by atoms with Crippen LogP contribution in [-0.4, -0.2) is 11.0 Å². The molecule has 76 valence electrons. The molecule has 0 aliphatic rings. The van der Waals surface area contributed by atoms with Gasteiger partial charge in [-0.3, -0.25) is 0 Å². The minimum absolute atomic E-state index is 0.139. The molecule has 6 heteroatoms. The van der Waals surface area contributed by atoms with Crippen molar-refractivity contribution in [3.63, 3.8) is 0 Å². The Morgan fingerprint density at radius 1 is 1.50 bits per heavy atom. The van der Waals surface area contributed by atoms with Crippen LogP contribution < -0.4 is 5.73 Å². The summed E-state index contributed by atoms with van der Waals surface area (Å²) in [6, 6.07) is 2.35. The summed E-state index contributed by atoms with van der Waals surface area (Å²) in [6.45, 7) is 0. The molecule has 0 unspecified atom stereocenters. The zero-order valence-corrected chi connectivity index (χ0v) is 8.55. The number of rotatable bonds is 2. The SMILES string of the molecule is N/C(Cc1c(F)ccc(Br)c1F)=N/O. The van der Waals surface area contributed by atoms with Gasteiger partial charge in [-0.15, -0.1) is 0 Å². The van der Waals surface area contributed by atoms with Gasteiger partial charge in [-0.05, 0) is 28.1 Å². The highest BCUT2D eigenvalue weighted by atomic mass is 79.9. The van der Waals surface area contributed by atoms with Crippen molar-refractivity contribution < 1.29 is 14.0 Å². The molecule has 0 heterocycles. The van der Waals surface area contributed by atoms with Gasteiger partial charge in [0.15, 0.2) is 0 Å². The minimum atomic E-state index is -0.739. The van der Waals surface area contributed by atoms with E-state index < -0.39 is 11.6 Å². The number of oxime groups is 1. The van der Waals surface area contributed by atoms with Gasteiger partial charge in [0.2, 0.25) is 0 Å². The summed E-state index contributed by atoms with van der Waals surface area (Å²) in [7, 11) is 0. The van der Waals surface area contributed by atoms with E-state index in [0.717, 1.165) is 6.07 Å². The third kappa shape index (κ3) is 2.20. The Morgan fingerprint density at radius 3 is 2.71 bits per heavy atom. The van der Waals surface area contributed by atoms with E-state index in [4.69, 9.17) is 10.9 Å². The third-order valence-electron chi connectivity index (χ3n) is 1.63. The Morgan fingerprint density at radius 2 is 2.14 bits per heavy atom. The molecule has 0 amide bonds. The Bertz CT molecular complexity index is 382. The molecular weight excluding hydrogens is 258 g/mol. The number of amidine groups is 1. The van der Waals surface area contributed by atoms with Crippen LogP contribution in [0.15, 0.2) is 21.8 Å². The average molecular weight is 265 g/mol. The molecule has 0 saturated heterocycles. The van der Waals surface area contributed by atoms with Crippen LogP contribution in [-0.2, 0) is 6.42 Å². The monoisotopic (exact) mass is 264 g/mol. The van der Waals surface area contributed by atoms with Crippen LogP contribution in [0.25, 0.3) is 0 Å². The second-order valence-corrected chi connectivity index (χ2v) is 3.44. The molecule has 0 radical (unpaired) electrons. The van der Waals surface area contributed by atoms with Gasteiger partial charge in [0.1, 0.15) is 17.5 Å². The van der Waals surface area contributed by atoms with E-state index in [1.54, 1.807) is 0 Å². The quantitative estimate of drug-likeness (QED) is 0.282. The highest BCUT2D eigenvalue weighted by Gasteiger charge is 2.13. The van der Waals surface area contributed by atoms with E-state index in [1.807, 2.05) is 0 Å². The van der Waals surface area contributed by atoms with Crippen molar-refractivity contribution >= 4 is 21.8 Å². The van der Waals surface area contributed by atoms with E-state index in [-0.39, 0.29) is 22.3 Å². The summed E-state index contributed by atoms with van der Waals surface area (Å²) >= 11 is 2.91. The van der Waals surface area contributed by atoms with Crippen molar-refractivity contribution in [3.8, 4) is 0 Å².